The minimum atomic E-state index is -0.780. The third-order valence-electron chi connectivity index (χ3n) is 2.40. The molecule has 0 unspecified atom stereocenters. The highest BCUT2D eigenvalue weighted by Gasteiger charge is 2.29. The molecule has 0 fully saturated rings. The quantitative estimate of drug-likeness (QED) is 0.884. The van der Waals surface area contributed by atoms with Crippen molar-refractivity contribution < 1.29 is 9.90 Å². The minimum absolute atomic E-state index is 0.0380. The zero-order chi connectivity index (χ0) is 12.6. The van der Waals surface area contributed by atoms with E-state index in [1.807, 2.05) is 5.38 Å². The molecule has 0 aromatic carbocycles. The van der Waals surface area contributed by atoms with Crippen LogP contribution in [-0.4, -0.2) is 16.1 Å². The topological polar surface area (TPSA) is 50.2 Å². The molecule has 90 valence electrons. The predicted octanol–water partition coefficient (Wildman–Crippen LogP) is 3.09. The summed E-state index contributed by atoms with van der Waals surface area (Å²) < 4.78 is 0. The highest BCUT2D eigenvalue weighted by atomic mass is 32.1. The largest absolute Gasteiger partial charge is 0.481 e. The van der Waals surface area contributed by atoms with Gasteiger partial charge >= 0.3 is 5.97 Å². The van der Waals surface area contributed by atoms with Crippen molar-refractivity contribution in [1.82, 2.24) is 4.98 Å². The molecule has 0 atom stereocenters. The number of thiazole rings is 1. The van der Waals surface area contributed by atoms with Crippen molar-refractivity contribution in [3.05, 3.63) is 16.1 Å². The number of aliphatic carboxylic acids is 1. The summed E-state index contributed by atoms with van der Waals surface area (Å²) in [5.74, 6) is -0.780. The van der Waals surface area contributed by atoms with Gasteiger partial charge in [0.25, 0.3) is 0 Å². The summed E-state index contributed by atoms with van der Waals surface area (Å²) >= 11 is 1.60. The summed E-state index contributed by atoms with van der Waals surface area (Å²) in [4.78, 5) is 15.5. The zero-order valence-corrected chi connectivity index (χ0v) is 11.3. The fraction of sp³-hybridized carbons (Fsp3) is 0.667. The Kier molecular flexibility index (Phi) is 3.43. The van der Waals surface area contributed by atoms with Crippen LogP contribution in [0.25, 0.3) is 0 Å². The number of aromatic nitrogens is 1. The molecular formula is C12H19NO2S. The van der Waals surface area contributed by atoms with Crippen LogP contribution in [0.15, 0.2) is 5.38 Å². The van der Waals surface area contributed by atoms with E-state index in [0.717, 1.165) is 10.7 Å². The van der Waals surface area contributed by atoms with E-state index in [9.17, 15) is 4.79 Å². The van der Waals surface area contributed by atoms with Crippen molar-refractivity contribution in [2.24, 2.45) is 5.41 Å². The second-order valence-corrected chi connectivity index (χ2v) is 6.62. The fourth-order valence-electron chi connectivity index (χ4n) is 1.26. The average molecular weight is 241 g/mol. The van der Waals surface area contributed by atoms with Gasteiger partial charge in [-0.05, 0) is 13.8 Å². The van der Waals surface area contributed by atoms with E-state index in [4.69, 9.17) is 5.11 Å². The van der Waals surface area contributed by atoms with E-state index >= 15 is 0 Å². The second-order valence-electron chi connectivity index (χ2n) is 5.76. The number of nitrogens with zero attached hydrogens (tertiary/aromatic N) is 1. The van der Waals surface area contributed by atoms with Crippen LogP contribution >= 0.6 is 11.3 Å². The summed E-state index contributed by atoms with van der Waals surface area (Å²) in [5.41, 5.74) is 0.168. The van der Waals surface area contributed by atoms with Crippen LogP contribution in [0.3, 0.4) is 0 Å². The van der Waals surface area contributed by atoms with Crippen molar-refractivity contribution in [2.45, 2.75) is 46.5 Å². The van der Waals surface area contributed by atoms with Gasteiger partial charge in [0.05, 0.1) is 16.1 Å². The first kappa shape index (κ1) is 13.2. The molecule has 4 heteroatoms. The van der Waals surface area contributed by atoms with Gasteiger partial charge in [0, 0.05) is 17.2 Å². The molecule has 16 heavy (non-hydrogen) atoms. The Morgan fingerprint density at radius 2 is 1.94 bits per heavy atom. The molecular weight excluding hydrogens is 222 g/mol. The zero-order valence-electron chi connectivity index (χ0n) is 10.5. The average Bonchev–Trinajstić information content (AvgIpc) is 2.50. The maximum absolute atomic E-state index is 11.0. The van der Waals surface area contributed by atoms with Crippen LogP contribution in [0.5, 0.6) is 0 Å². The van der Waals surface area contributed by atoms with Gasteiger partial charge in [-0.2, -0.15) is 0 Å². The Morgan fingerprint density at radius 1 is 1.38 bits per heavy atom. The van der Waals surface area contributed by atoms with Crippen LogP contribution in [-0.2, 0) is 16.6 Å². The molecule has 1 aromatic rings. The second kappa shape index (κ2) is 4.17. The molecule has 0 aliphatic heterocycles. The Balaban J connectivity index is 2.85. The van der Waals surface area contributed by atoms with Gasteiger partial charge < -0.3 is 5.11 Å². The van der Waals surface area contributed by atoms with Gasteiger partial charge in [-0.3, -0.25) is 4.79 Å². The summed E-state index contributed by atoms with van der Waals surface area (Å²) in [6.07, 6.45) is 0.481. The van der Waals surface area contributed by atoms with Gasteiger partial charge in [-0.1, -0.05) is 20.8 Å². The molecule has 0 saturated carbocycles. The number of hydrogen-bond donors (Lipinski definition) is 1. The number of rotatable bonds is 3. The van der Waals surface area contributed by atoms with E-state index in [2.05, 4.69) is 25.8 Å². The Labute approximate surface area is 101 Å². The van der Waals surface area contributed by atoms with Crippen molar-refractivity contribution in [3.8, 4) is 0 Å². The number of carbonyl (C=O) groups is 1. The molecule has 0 amide bonds. The number of carboxylic acid groups (broad SMARTS) is 1. The first-order chi connectivity index (χ1) is 7.13. The Hall–Kier alpha value is -0.900. The standard InChI is InChI=1S/C12H19NO2S/c1-11(2,3)9-13-8(7-16-9)6-12(4,5)10(14)15/h7H,6H2,1-5H3,(H,14,15). The van der Waals surface area contributed by atoms with Gasteiger partial charge in [0.15, 0.2) is 0 Å². The monoisotopic (exact) mass is 241 g/mol. The Bertz CT molecular complexity index is 388. The van der Waals surface area contributed by atoms with E-state index in [-0.39, 0.29) is 5.41 Å². The minimum Gasteiger partial charge on any atom is -0.481 e. The summed E-state index contributed by atoms with van der Waals surface area (Å²) in [7, 11) is 0. The molecule has 0 saturated heterocycles. The Morgan fingerprint density at radius 3 is 2.31 bits per heavy atom. The molecule has 0 bridgehead atoms. The normalized spacial score (nSPS) is 12.8. The van der Waals surface area contributed by atoms with Gasteiger partial charge in [0.2, 0.25) is 0 Å². The maximum Gasteiger partial charge on any atom is 0.309 e. The van der Waals surface area contributed by atoms with Crippen LogP contribution < -0.4 is 0 Å². The summed E-state index contributed by atoms with van der Waals surface area (Å²) in [6.45, 7) is 9.78. The molecule has 1 rings (SSSR count). The number of hydrogen-bond acceptors (Lipinski definition) is 3. The molecule has 1 aromatic heterocycles. The van der Waals surface area contributed by atoms with Crippen LogP contribution in [0, 0.1) is 5.41 Å². The van der Waals surface area contributed by atoms with E-state index in [1.54, 1.807) is 25.2 Å². The first-order valence-electron chi connectivity index (χ1n) is 5.31. The third-order valence-corrected chi connectivity index (χ3v) is 3.71. The van der Waals surface area contributed by atoms with Crippen LogP contribution in [0.2, 0.25) is 0 Å². The summed E-state index contributed by atoms with van der Waals surface area (Å²) in [5, 5.41) is 12.1. The van der Waals surface area contributed by atoms with Crippen molar-refractivity contribution >= 4 is 17.3 Å². The molecule has 0 spiro atoms. The van der Waals surface area contributed by atoms with Gasteiger partial charge in [0.1, 0.15) is 0 Å². The van der Waals surface area contributed by atoms with Crippen molar-refractivity contribution in [3.63, 3.8) is 0 Å². The van der Waals surface area contributed by atoms with Gasteiger partial charge in [-0.15, -0.1) is 11.3 Å². The maximum atomic E-state index is 11.0. The lowest BCUT2D eigenvalue weighted by atomic mass is 9.88. The SMILES string of the molecule is CC(C)(Cc1csc(C(C)(C)C)n1)C(=O)O. The number of carboxylic acids is 1. The fourth-order valence-corrected chi connectivity index (χ4v) is 2.17. The molecule has 0 radical (unpaired) electrons. The predicted molar refractivity (Wildman–Crippen MR) is 65.9 cm³/mol. The lowest BCUT2D eigenvalue weighted by molar-refractivity contribution is -0.146. The molecule has 1 N–H and O–H groups in total. The smallest absolute Gasteiger partial charge is 0.309 e. The lowest BCUT2D eigenvalue weighted by Crippen LogP contribution is -2.26. The van der Waals surface area contributed by atoms with E-state index < -0.39 is 11.4 Å². The molecule has 1 heterocycles. The van der Waals surface area contributed by atoms with Gasteiger partial charge in [-0.25, -0.2) is 4.98 Å². The van der Waals surface area contributed by atoms with Crippen molar-refractivity contribution in [2.75, 3.05) is 0 Å². The van der Waals surface area contributed by atoms with Crippen LogP contribution in [0.1, 0.15) is 45.3 Å². The van der Waals surface area contributed by atoms with Crippen molar-refractivity contribution in [1.29, 1.82) is 0 Å². The molecule has 3 nitrogen and oxygen atoms in total. The van der Waals surface area contributed by atoms with Crippen LogP contribution in [0.4, 0.5) is 0 Å². The lowest BCUT2D eigenvalue weighted by Gasteiger charge is -2.17. The van der Waals surface area contributed by atoms with E-state index in [1.165, 1.54) is 0 Å². The molecule has 0 aliphatic rings. The third kappa shape index (κ3) is 3.04. The molecule has 0 aliphatic carbocycles. The highest BCUT2D eigenvalue weighted by Crippen LogP contribution is 2.28. The van der Waals surface area contributed by atoms with E-state index in [0.29, 0.717) is 6.42 Å². The first-order valence-corrected chi connectivity index (χ1v) is 6.19. The highest BCUT2D eigenvalue weighted by molar-refractivity contribution is 7.09. The summed E-state index contributed by atoms with van der Waals surface area (Å²) in [6, 6.07) is 0.